The summed E-state index contributed by atoms with van der Waals surface area (Å²) >= 11 is 0. The van der Waals surface area contributed by atoms with Gasteiger partial charge in [-0.1, -0.05) is 18.2 Å². The third-order valence-electron chi connectivity index (χ3n) is 6.48. The summed E-state index contributed by atoms with van der Waals surface area (Å²) in [5.74, 6) is 1.48. The standard InChI is InChI=1S/C24H29N3O4/c1-30-20-10-11-21(22(14-20)31-2)23(28)27-18-8-9-19(27)13-16(12-18)15-26(24(25)29)17-6-4-3-5-7-17/h3-7,10-11,14,16,18-19H,8-9,12-13,15H2,1-2H3,(H2,25,29). The van der Waals surface area contributed by atoms with Crippen molar-refractivity contribution in [1.82, 2.24) is 4.90 Å². The number of carbonyl (C=O) groups is 2. The maximum Gasteiger partial charge on any atom is 0.319 e. The van der Waals surface area contributed by atoms with Gasteiger partial charge in [0.15, 0.2) is 0 Å². The van der Waals surface area contributed by atoms with E-state index in [1.54, 1.807) is 37.3 Å². The molecule has 4 rings (SSSR count). The van der Waals surface area contributed by atoms with Crippen LogP contribution in [-0.4, -0.2) is 49.7 Å². The van der Waals surface area contributed by atoms with Gasteiger partial charge in [-0.05, 0) is 55.9 Å². The van der Waals surface area contributed by atoms with Gasteiger partial charge in [0.25, 0.3) is 5.91 Å². The third kappa shape index (κ3) is 4.17. The Morgan fingerprint density at radius 3 is 2.29 bits per heavy atom. The number of rotatable bonds is 6. The van der Waals surface area contributed by atoms with Crippen LogP contribution in [0.15, 0.2) is 48.5 Å². The van der Waals surface area contributed by atoms with Crippen molar-refractivity contribution < 1.29 is 19.1 Å². The zero-order valence-electron chi connectivity index (χ0n) is 18.0. The van der Waals surface area contributed by atoms with Gasteiger partial charge < -0.3 is 20.1 Å². The van der Waals surface area contributed by atoms with Gasteiger partial charge in [-0.2, -0.15) is 0 Å². The lowest BCUT2D eigenvalue weighted by Crippen LogP contribution is -2.49. The Labute approximate surface area is 182 Å². The highest BCUT2D eigenvalue weighted by atomic mass is 16.5. The van der Waals surface area contributed by atoms with Gasteiger partial charge >= 0.3 is 6.03 Å². The number of ether oxygens (including phenoxy) is 2. The van der Waals surface area contributed by atoms with E-state index in [0.717, 1.165) is 31.4 Å². The van der Waals surface area contributed by atoms with Crippen LogP contribution in [0.1, 0.15) is 36.0 Å². The van der Waals surface area contributed by atoms with Crippen molar-refractivity contribution in [3.05, 3.63) is 54.1 Å². The number of amides is 3. The van der Waals surface area contributed by atoms with Gasteiger partial charge in [0, 0.05) is 30.4 Å². The van der Waals surface area contributed by atoms with E-state index >= 15 is 0 Å². The summed E-state index contributed by atoms with van der Waals surface area (Å²) in [4.78, 5) is 29.2. The molecule has 2 saturated heterocycles. The van der Waals surface area contributed by atoms with Crippen LogP contribution in [0, 0.1) is 5.92 Å². The molecule has 7 nitrogen and oxygen atoms in total. The SMILES string of the molecule is COc1ccc(C(=O)N2C3CCC2CC(CN(C(N)=O)c2ccccc2)C3)c(OC)c1. The normalized spacial score (nSPS) is 22.1. The monoisotopic (exact) mass is 423 g/mol. The zero-order chi connectivity index (χ0) is 22.0. The Bertz CT molecular complexity index is 935. The van der Waals surface area contributed by atoms with Gasteiger partial charge in [0.05, 0.1) is 19.8 Å². The molecule has 0 aromatic heterocycles. The smallest absolute Gasteiger partial charge is 0.319 e. The Balaban J connectivity index is 1.49. The number of hydrogen-bond donors (Lipinski definition) is 1. The minimum Gasteiger partial charge on any atom is -0.497 e. The van der Waals surface area contributed by atoms with Crippen LogP contribution in [0.25, 0.3) is 0 Å². The molecule has 2 aliphatic heterocycles. The van der Waals surface area contributed by atoms with Gasteiger partial charge in [-0.25, -0.2) is 4.79 Å². The molecule has 0 saturated carbocycles. The lowest BCUT2D eigenvalue weighted by Gasteiger charge is -2.40. The van der Waals surface area contributed by atoms with Crippen LogP contribution in [0.5, 0.6) is 11.5 Å². The molecule has 2 aliphatic rings. The third-order valence-corrected chi connectivity index (χ3v) is 6.48. The van der Waals surface area contributed by atoms with Crippen LogP contribution < -0.4 is 20.1 Å². The Kier molecular flexibility index (Phi) is 6.02. The van der Waals surface area contributed by atoms with Gasteiger partial charge in [0.2, 0.25) is 0 Å². The number of piperidine rings is 1. The van der Waals surface area contributed by atoms with Crippen molar-refractivity contribution in [2.24, 2.45) is 11.7 Å². The van der Waals surface area contributed by atoms with E-state index < -0.39 is 6.03 Å². The van der Waals surface area contributed by atoms with Gasteiger partial charge in [-0.3, -0.25) is 9.69 Å². The largest absolute Gasteiger partial charge is 0.497 e. The molecule has 2 unspecified atom stereocenters. The van der Waals surface area contributed by atoms with E-state index in [0.29, 0.717) is 29.5 Å². The van der Waals surface area contributed by atoms with Crippen LogP contribution in [0.3, 0.4) is 0 Å². The molecule has 2 aromatic carbocycles. The quantitative estimate of drug-likeness (QED) is 0.768. The van der Waals surface area contributed by atoms with Crippen LogP contribution in [-0.2, 0) is 0 Å². The Morgan fingerprint density at radius 1 is 1.03 bits per heavy atom. The maximum atomic E-state index is 13.4. The minimum absolute atomic E-state index is 0.000250. The fraction of sp³-hybridized carbons (Fsp3) is 0.417. The lowest BCUT2D eigenvalue weighted by atomic mass is 9.89. The predicted octanol–water partition coefficient (Wildman–Crippen LogP) is 3.67. The second-order valence-electron chi connectivity index (χ2n) is 8.29. The van der Waals surface area contributed by atoms with E-state index in [-0.39, 0.29) is 18.0 Å². The highest BCUT2D eigenvalue weighted by Gasteiger charge is 2.44. The molecule has 164 valence electrons. The first-order valence-electron chi connectivity index (χ1n) is 10.7. The number of nitrogens with zero attached hydrogens (tertiary/aromatic N) is 2. The first-order chi connectivity index (χ1) is 15.0. The van der Waals surface area contributed by atoms with Gasteiger partial charge in [0.1, 0.15) is 11.5 Å². The molecule has 3 amide bonds. The summed E-state index contributed by atoms with van der Waals surface area (Å²) in [6, 6.07) is 14.7. The molecule has 0 aliphatic carbocycles. The van der Waals surface area contributed by atoms with Crippen molar-refractivity contribution in [2.75, 3.05) is 25.7 Å². The molecule has 2 fully saturated rings. The molecule has 2 N–H and O–H groups in total. The molecular formula is C24H29N3O4. The van der Waals surface area contributed by atoms with Crippen molar-refractivity contribution in [3.63, 3.8) is 0 Å². The average molecular weight is 424 g/mol. The summed E-state index contributed by atoms with van der Waals surface area (Å²) < 4.78 is 10.7. The van der Waals surface area contributed by atoms with Crippen LogP contribution in [0.4, 0.5) is 10.5 Å². The Morgan fingerprint density at radius 2 is 1.71 bits per heavy atom. The number of benzene rings is 2. The van der Waals surface area contributed by atoms with Crippen LogP contribution in [0.2, 0.25) is 0 Å². The molecule has 0 spiro atoms. The number of hydrogen-bond acceptors (Lipinski definition) is 4. The van der Waals surface area contributed by atoms with E-state index in [1.807, 2.05) is 35.2 Å². The fourth-order valence-corrected chi connectivity index (χ4v) is 5.07. The second-order valence-corrected chi connectivity index (χ2v) is 8.29. The summed E-state index contributed by atoms with van der Waals surface area (Å²) in [6.07, 6.45) is 3.68. The van der Waals surface area contributed by atoms with Gasteiger partial charge in [-0.15, -0.1) is 0 Å². The summed E-state index contributed by atoms with van der Waals surface area (Å²) in [5.41, 5.74) is 7.04. The number of nitrogens with two attached hydrogens (primary N) is 1. The zero-order valence-corrected chi connectivity index (χ0v) is 18.0. The molecule has 7 heteroatoms. The number of urea groups is 1. The number of methoxy groups -OCH3 is 2. The topological polar surface area (TPSA) is 85.1 Å². The Hall–Kier alpha value is -3.22. The van der Waals surface area contributed by atoms with Crippen molar-refractivity contribution in [2.45, 2.75) is 37.8 Å². The van der Waals surface area contributed by atoms with Crippen LogP contribution >= 0.6 is 0 Å². The van der Waals surface area contributed by atoms with E-state index in [1.165, 1.54) is 0 Å². The first-order valence-corrected chi connectivity index (χ1v) is 10.7. The molecule has 2 bridgehead atoms. The number of carbonyl (C=O) groups excluding carboxylic acids is 2. The molecular weight excluding hydrogens is 394 g/mol. The highest BCUT2D eigenvalue weighted by Crippen LogP contribution is 2.41. The fourth-order valence-electron chi connectivity index (χ4n) is 5.07. The van der Waals surface area contributed by atoms with Crippen molar-refractivity contribution in [3.8, 4) is 11.5 Å². The van der Waals surface area contributed by atoms with Crippen molar-refractivity contribution >= 4 is 17.6 Å². The number of fused-ring (bicyclic) bond motifs is 2. The van der Waals surface area contributed by atoms with E-state index in [2.05, 4.69) is 0 Å². The molecule has 2 aromatic rings. The number of anilines is 1. The molecule has 0 radical (unpaired) electrons. The average Bonchev–Trinajstić information content (AvgIpc) is 3.06. The minimum atomic E-state index is -0.444. The highest BCUT2D eigenvalue weighted by molar-refractivity contribution is 5.98. The lowest BCUT2D eigenvalue weighted by molar-refractivity contribution is 0.0526. The summed E-state index contributed by atoms with van der Waals surface area (Å²) in [5, 5.41) is 0. The number of para-hydroxylation sites is 1. The first kappa shape index (κ1) is 21.0. The van der Waals surface area contributed by atoms with Crippen molar-refractivity contribution in [1.29, 1.82) is 0 Å². The number of primary amides is 1. The molecule has 2 heterocycles. The predicted molar refractivity (Wildman–Crippen MR) is 119 cm³/mol. The maximum absolute atomic E-state index is 13.4. The summed E-state index contributed by atoms with van der Waals surface area (Å²) in [6.45, 7) is 0.570. The van der Waals surface area contributed by atoms with E-state index in [9.17, 15) is 9.59 Å². The summed E-state index contributed by atoms with van der Waals surface area (Å²) in [7, 11) is 3.15. The second kappa shape index (κ2) is 8.88. The molecule has 2 atom stereocenters. The van der Waals surface area contributed by atoms with E-state index in [4.69, 9.17) is 15.2 Å². The molecule has 31 heavy (non-hydrogen) atoms.